The van der Waals surface area contributed by atoms with E-state index in [1.54, 1.807) is 9.80 Å². The molecule has 2 saturated heterocycles. The molecule has 2 atom stereocenters. The first-order valence-electron chi connectivity index (χ1n) is 12.9. The van der Waals surface area contributed by atoms with Crippen molar-refractivity contribution in [3.8, 4) is 22.8 Å². The first-order valence-corrected chi connectivity index (χ1v) is 13.3. The van der Waals surface area contributed by atoms with E-state index in [9.17, 15) is 14.7 Å². The van der Waals surface area contributed by atoms with Gasteiger partial charge in [-0.25, -0.2) is 9.37 Å². The van der Waals surface area contributed by atoms with Crippen LogP contribution >= 0.6 is 11.6 Å². The number of nitrogens with zero attached hydrogens (tertiary/aromatic N) is 5. The number of hydrogen-bond acceptors (Lipinski definition) is 7. The molecule has 0 saturated carbocycles. The molecule has 1 aromatic heterocycles. The molecule has 2 amide bonds. The van der Waals surface area contributed by atoms with Crippen molar-refractivity contribution < 1.29 is 23.8 Å². The summed E-state index contributed by atoms with van der Waals surface area (Å²) >= 11 is 6.83. The van der Waals surface area contributed by atoms with E-state index in [2.05, 4.69) is 25.3 Å². The molecular weight excluding hydrogens is 525 g/mol. The number of amides is 2. The van der Waals surface area contributed by atoms with Crippen molar-refractivity contribution in [2.24, 2.45) is 0 Å². The number of phenolic OH excluding ortho intramolecular Hbond substituents is 1. The maximum atomic E-state index is 15.1. The van der Waals surface area contributed by atoms with Crippen LogP contribution in [-0.2, 0) is 4.79 Å². The van der Waals surface area contributed by atoms with Crippen molar-refractivity contribution >= 4 is 29.2 Å². The lowest BCUT2D eigenvalue weighted by molar-refractivity contribution is -0.128. The number of phenols is 1. The Balaban J connectivity index is 1.70. The number of ether oxygens (including phenoxy) is 1. The van der Waals surface area contributed by atoms with Crippen molar-refractivity contribution in [2.45, 2.75) is 37.9 Å². The molecule has 1 N–H and O–H groups in total. The third kappa shape index (κ3) is 4.59. The normalized spacial score (nSPS) is 22.3. The number of halogens is 2. The van der Waals surface area contributed by atoms with Crippen LogP contribution in [0.5, 0.6) is 11.5 Å². The first kappa shape index (κ1) is 27.2. The fourth-order valence-electron chi connectivity index (χ4n) is 5.81. The van der Waals surface area contributed by atoms with Crippen LogP contribution < -0.4 is 9.64 Å². The number of likely N-dealkylation sites (N-methyl/N-ethyl adjacent to an activating group) is 1. The number of benzene rings is 1. The fourth-order valence-corrected chi connectivity index (χ4v) is 6.10. The van der Waals surface area contributed by atoms with Gasteiger partial charge in [-0.1, -0.05) is 24.2 Å². The summed E-state index contributed by atoms with van der Waals surface area (Å²) in [5.74, 6) is -1.11. The summed E-state index contributed by atoms with van der Waals surface area (Å²) in [7, 11) is 4.01. The summed E-state index contributed by atoms with van der Waals surface area (Å²) in [6.07, 6.45) is 2.06. The molecule has 3 aliphatic rings. The molecule has 39 heavy (non-hydrogen) atoms. The van der Waals surface area contributed by atoms with E-state index >= 15 is 4.39 Å². The van der Waals surface area contributed by atoms with Crippen LogP contribution in [0.3, 0.4) is 0 Å². The van der Waals surface area contributed by atoms with Crippen LogP contribution in [0.4, 0.5) is 10.2 Å². The minimum absolute atomic E-state index is 0.00116. The van der Waals surface area contributed by atoms with Crippen molar-refractivity contribution in [1.29, 1.82) is 0 Å². The second-order valence-electron chi connectivity index (χ2n) is 11.1. The molecule has 1 aromatic carbocycles. The Morgan fingerprint density at radius 3 is 2.67 bits per heavy atom. The van der Waals surface area contributed by atoms with Gasteiger partial charge in [0.2, 0.25) is 5.91 Å². The number of aromatic hydroxyl groups is 1. The highest BCUT2D eigenvalue weighted by atomic mass is 35.5. The quantitative estimate of drug-likeness (QED) is 0.576. The van der Waals surface area contributed by atoms with Gasteiger partial charge in [-0.15, -0.1) is 0 Å². The summed E-state index contributed by atoms with van der Waals surface area (Å²) in [5.41, 5.74) is -0.355. The van der Waals surface area contributed by atoms with Gasteiger partial charge >= 0.3 is 0 Å². The highest BCUT2D eigenvalue weighted by Gasteiger charge is 2.46. The third-order valence-corrected chi connectivity index (χ3v) is 8.36. The highest BCUT2D eigenvalue weighted by Crippen LogP contribution is 2.48. The molecule has 2 aromatic rings. The zero-order valence-corrected chi connectivity index (χ0v) is 23.3. The van der Waals surface area contributed by atoms with Gasteiger partial charge in [-0.3, -0.25) is 9.59 Å². The van der Waals surface area contributed by atoms with Crippen LogP contribution in [0.2, 0.25) is 5.02 Å². The highest BCUT2D eigenvalue weighted by molar-refractivity contribution is 6.35. The Hall–Kier alpha value is -3.37. The van der Waals surface area contributed by atoms with E-state index in [4.69, 9.17) is 21.3 Å². The SMILES string of the molecule is C=CC(=O)N1CCN2C(=O)c3c(N4CC(N(C)C)CC4(C)C)nc(-c4c(O)cccc4F)c(Cl)c3OC[C@H]2C1. The molecule has 4 heterocycles. The topological polar surface area (TPSA) is 89.5 Å². The van der Waals surface area contributed by atoms with E-state index < -0.39 is 17.4 Å². The molecule has 0 aliphatic carbocycles. The molecular formula is C28H33ClFN5O4. The van der Waals surface area contributed by atoms with Crippen LogP contribution in [-0.4, -0.2) is 101 Å². The van der Waals surface area contributed by atoms with Crippen LogP contribution in [0.15, 0.2) is 30.9 Å². The summed E-state index contributed by atoms with van der Waals surface area (Å²) in [5, 5.41) is 10.6. The lowest BCUT2D eigenvalue weighted by Gasteiger charge is -2.40. The number of hydrogen-bond donors (Lipinski definition) is 1. The number of fused-ring (bicyclic) bond motifs is 2. The fraction of sp³-hybridized carbons (Fsp3) is 0.464. The van der Waals surface area contributed by atoms with Crippen molar-refractivity contribution in [1.82, 2.24) is 19.7 Å². The molecule has 0 bridgehead atoms. The average molecular weight is 558 g/mol. The van der Waals surface area contributed by atoms with Crippen LogP contribution in [0.1, 0.15) is 30.6 Å². The van der Waals surface area contributed by atoms with Gasteiger partial charge in [0, 0.05) is 37.8 Å². The number of piperazine rings is 1. The molecule has 5 rings (SSSR count). The first-order chi connectivity index (χ1) is 18.4. The lowest BCUT2D eigenvalue weighted by Crippen LogP contribution is -2.57. The van der Waals surface area contributed by atoms with E-state index in [-0.39, 0.29) is 64.4 Å². The van der Waals surface area contributed by atoms with E-state index in [1.165, 1.54) is 24.3 Å². The predicted molar refractivity (Wildman–Crippen MR) is 147 cm³/mol. The van der Waals surface area contributed by atoms with Gasteiger partial charge in [-0.05, 0) is 52.6 Å². The summed E-state index contributed by atoms with van der Waals surface area (Å²) in [6, 6.07) is 3.74. The predicted octanol–water partition coefficient (Wildman–Crippen LogP) is 3.40. The van der Waals surface area contributed by atoms with Gasteiger partial charge in [-0.2, -0.15) is 0 Å². The molecule has 11 heteroatoms. The second-order valence-corrected chi connectivity index (χ2v) is 11.5. The van der Waals surface area contributed by atoms with Gasteiger partial charge in [0.1, 0.15) is 40.3 Å². The number of rotatable bonds is 4. The van der Waals surface area contributed by atoms with Gasteiger partial charge in [0.05, 0.1) is 11.6 Å². The lowest BCUT2D eigenvalue weighted by atomic mass is 9.99. The molecule has 0 spiro atoms. The standard InChI is InChI=1S/C28H33ClFN5O4/c1-6-20(37)33-10-11-34-17(13-33)15-39-25-22(27(34)38)26(35-14-16(32(4)5)12-28(35,2)3)31-24(23(25)29)21-18(30)8-7-9-19(21)36/h6-9,16-17,36H,1,10-15H2,2-5H3/t16?,17-/m1/s1. The Labute approximate surface area is 232 Å². The number of carbonyl (C=O) groups excluding carboxylic acids is 2. The van der Waals surface area contributed by atoms with Crippen LogP contribution in [0, 0.1) is 5.82 Å². The smallest absolute Gasteiger partial charge is 0.261 e. The Morgan fingerprint density at radius 1 is 1.28 bits per heavy atom. The zero-order valence-electron chi connectivity index (χ0n) is 22.6. The monoisotopic (exact) mass is 557 g/mol. The zero-order chi connectivity index (χ0) is 28.2. The van der Waals surface area contributed by atoms with Gasteiger partial charge in [0.15, 0.2) is 5.75 Å². The number of pyridine rings is 1. The molecule has 3 aliphatic heterocycles. The molecule has 1 unspecified atom stereocenters. The van der Waals surface area contributed by atoms with E-state index in [0.29, 0.717) is 25.5 Å². The molecule has 208 valence electrons. The van der Waals surface area contributed by atoms with Crippen molar-refractivity contribution in [3.63, 3.8) is 0 Å². The Morgan fingerprint density at radius 2 is 2.03 bits per heavy atom. The van der Waals surface area contributed by atoms with Gasteiger partial charge < -0.3 is 29.4 Å². The minimum Gasteiger partial charge on any atom is -0.507 e. The number of aromatic nitrogens is 1. The third-order valence-electron chi connectivity index (χ3n) is 8.01. The van der Waals surface area contributed by atoms with E-state index in [0.717, 1.165) is 6.42 Å². The molecule has 2 fully saturated rings. The summed E-state index contributed by atoms with van der Waals surface area (Å²) < 4.78 is 21.3. The average Bonchev–Trinajstić information content (AvgIpc) is 3.14. The largest absolute Gasteiger partial charge is 0.507 e. The van der Waals surface area contributed by atoms with Crippen LogP contribution in [0.25, 0.3) is 11.3 Å². The number of anilines is 1. The van der Waals surface area contributed by atoms with Crippen molar-refractivity contribution in [2.75, 3.05) is 51.8 Å². The minimum atomic E-state index is -0.696. The molecule has 0 radical (unpaired) electrons. The molecule has 9 nitrogen and oxygen atoms in total. The van der Waals surface area contributed by atoms with Crippen molar-refractivity contribution in [3.05, 3.63) is 47.3 Å². The second kappa shape index (κ2) is 9.98. The Bertz CT molecular complexity index is 1330. The number of carbonyl (C=O) groups is 2. The van der Waals surface area contributed by atoms with Gasteiger partial charge in [0.25, 0.3) is 5.91 Å². The van der Waals surface area contributed by atoms with E-state index in [1.807, 2.05) is 19.0 Å². The maximum Gasteiger partial charge on any atom is 0.261 e. The Kier molecular flexibility index (Phi) is 6.97. The maximum absolute atomic E-state index is 15.1. The summed E-state index contributed by atoms with van der Waals surface area (Å²) in [6.45, 7) is 9.31. The summed E-state index contributed by atoms with van der Waals surface area (Å²) in [4.78, 5) is 38.8.